The van der Waals surface area contributed by atoms with Gasteiger partial charge in [0.05, 0.1) is 6.54 Å². The van der Waals surface area contributed by atoms with Gasteiger partial charge in [-0.05, 0) is 24.8 Å². The lowest BCUT2D eigenvalue weighted by Gasteiger charge is -2.07. The highest BCUT2D eigenvalue weighted by molar-refractivity contribution is 5.99. The predicted octanol–water partition coefficient (Wildman–Crippen LogP) is 0.930. The summed E-state index contributed by atoms with van der Waals surface area (Å²) in [6.45, 7) is 2.70. The summed E-state index contributed by atoms with van der Waals surface area (Å²) in [7, 11) is 0. The molecule has 0 bridgehead atoms. The zero-order chi connectivity index (χ0) is 12.0. The summed E-state index contributed by atoms with van der Waals surface area (Å²) in [5, 5.41) is 8.79. The van der Waals surface area contributed by atoms with E-state index in [0.717, 1.165) is 17.7 Å². The molecule has 0 aromatic rings. The first-order valence-electron chi connectivity index (χ1n) is 5.40. The van der Waals surface area contributed by atoms with Gasteiger partial charge in [-0.2, -0.15) is 0 Å². The second kappa shape index (κ2) is 6.27. The van der Waals surface area contributed by atoms with Crippen molar-refractivity contribution in [3.05, 3.63) is 12.2 Å². The highest BCUT2D eigenvalue weighted by atomic mass is 16.6. The molecule has 0 aromatic carbocycles. The van der Waals surface area contributed by atoms with E-state index < -0.39 is 6.09 Å². The van der Waals surface area contributed by atoms with Crippen LogP contribution in [-0.4, -0.2) is 41.8 Å². The summed E-state index contributed by atoms with van der Waals surface area (Å²) >= 11 is 0. The molecule has 0 unspecified atom stereocenters. The number of hydrogen-bond donors (Lipinski definition) is 1. The van der Waals surface area contributed by atoms with Crippen molar-refractivity contribution in [2.45, 2.75) is 19.8 Å². The number of imide groups is 1. The van der Waals surface area contributed by atoms with Crippen LogP contribution in [0.5, 0.6) is 0 Å². The minimum atomic E-state index is -0.571. The van der Waals surface area contributed by atoms with Crippen LogP contribution < -0.4 is 0 Å². The Kier molecular flexibility index (Phi) is 4.98. The predicted molar refractivity (Wildman–Crippen MR) is 57.7 cm³/mol. The first-order valence-corrected chi connectivity index (χ1v) is 5.40. The van der Waals surface area contributed by atoms with Crippen LogP contribution in [0.2, 0.25) is 0 Å². The van der Waals surface area contributed by atoms with Gasteiger partial charge in [-0.3, -0.25) is 4.79 Å². The van der Waals surface area contributed by atoms with Crippen LogP contribution in [0, 0.1) is 5.92 Å². The molecule has 0 aliphatic carbocycles. The van der Waals surface area contributed by atoms with Gasteiger partial charge in [0, 0.05) is 6.61 Å². The smallest absolute Gasteiger partial charge is 0.416 e. The number of ether oxygens (including phenoxy) is 1. The van der Waals surface area contributed by atoms with Gasteiger partial charge < -0.3 is 9.84 Å². The quantitative estimate of drug-likeness (QED) is 0.709. The van der Waals surface area contributed by atoms with Crippen molar-refractivity contribution in [3.63, 3.8) is 0 Å². The fraction of sp³-hybridized carbons (Fsp3) is 0.636. The number of hydrogen-bond acceptors (Lipinski definition) is 4. The lowest BCUT2D eigenvalue weighted by molar-refractivity contribution is -0.122. The second-order valence-corrected chi connectivity index (χ2v) is 3.87. The van der Waals surface area contributed by atoms with Crippen LogP contribution in [0.1, 0.15) is 19.8 Å². The normalized spacial score (nSPS) is 17.9. The molecule has 1 fully saturated rings. The average molecular weight is 227 g/mol. The van der Waals surface area contributed by atoms with Crippen LogP contribution in [0.4, 0.5) is 4.79 Å². The molecule has 1 N–H and O–H groups in total. The van der Waals surface area contributed by atoms with E-state index in [1.807, 2.05) is 6.92 Å². The maximum atomic E-state index is 11.5. The Morgan fingerprint density at radius 1 is 1.69 bits per heavy atom. The number of rotatable bonds is 5. The third kappa shape index (κ3) is 3.66. The molecule has 1 saturated heterocycles. The molecule has 0 aromatic heterocycles. The van der Waals surface area contributed by atoms with Crippen molar-refractivity contribution in [3.8, 4) is 0 Å². The van der Waals surface area contributed by atoms with Crippen molar-refractivity contribution in [2.24, 2.45) is 5.92 Å². The molecule has 1 aliphatic rings. The van der Waals surface area contributed by atoms with Crippen molar-refractivity contribution in [1.82, 2.24) is 4.90 Å². The maximum Gasteiger partial charge on any atom is 0.416 e. The minimum Gasteiger partial charge on any atom is -0.447 e. The lowest BCUT2D eigenvalue weighted by Crippen LogP contribution is -2.29. The van der Waals surface area contributed by atoms with Crippen molar-refractivity contribution in [2.75, 3.05) is 19.8 Å². The molecule has 0 saturated carbocycles. The number of aliphatic hydroxyl groups excluding tert-OH is 1. The third-order valence-electron chi connectivity index (χ3n) is 2.43. The first kappa shape index (κ1) is 12.7. The Hall–Kier alpha value is -1.36. The molecular weight excluding hydrogens is 210 g/mol. The van der Waals surface area contributed by atoms with Crippen molar-refractivity contribution < 1.29 is 19.4 Å². The zero-order valence-electron chi connectivity index (χ0n) is 9.39. The molecule has 1 rings (SSSR count). The van der Waals surface area contributed by atoms with Gasteiger partial charge in [0.15, 0.2) is 0 Å². The van der Waals surface area contributed by atoms with E-state index in [1.54, 1.807) is 6.08 Å². The minimum absolute atomic E-state index is 0.153. The molecule has 1 atom stereocenters. The number of carbonyl (C=O) groups excluding carboxylic acids is 2. The number of nitrogens with zero attached hydrogens (tertiary/aromatic N) is 1. The molecule has 5 nitrogen and oxygen atoms in total. The number of carbonyl (C=O) groups is 2. The Bertz CT molecular complexity index is 288. The van der Waals surface area contributed by atoms with E-state index in [1.165, 1.54) is 6.08 Å². The monoisotopic (exact) mass is 227 g/mol. The fourth-order valence-electron chi connectivity index (χ4n) is 1.34. The van der Waals surface area contributed by atoms with Crippen LogP contribution >= 0.6 is 0 Å². The Morgan fingerprint density at radius 2 is 2.44 bits per heavy atom. The summed E-state index contributed by atoms with van der Waals surface area (Å²) in [6, 6.07) is 0. The number of aliphatic hydroxyl groups is 1. The van der Waals surface area contributed by atoms with Crippen LogP contribution in [0.25, 0.3) is 0 Å². The van der Waals surface area contributed by atoms with Crippen molar-refractivity contribution in [1.29, 1.82) is 0 Å². The van der Waals surface area contributed by atoms with Gasteiger partial charge >= 0.3 is 6.09 Å². The summed E-state index contributed by atoms with van der Waals surface area (Å²) < 4.78 is 4.65. The van der Waals surface area contributed by atoms with Crippen LogP contribution in [-0.2, 0) is 9.53 Å². The van der Waals surface area contributed by atoms with E-state index >= 15 is 0 Å². The van der Waals surface area contributed by atoms with E-state index in [-0.39, 0.29) is 25.0 Å². The number of cyclic esters (lactones) is 1. The molecular formula is C11H17NO4. The lowest BCUT2D eigenvalue weighted by atomic mass is 10.1. The van der Waals surface area contributed by atoms with Gasteiger partial charge in [0.2, 0.25) is 0 Å². The van der Waals surface area contributed by atoms with E-state index in [0.29, 0.717) is 6.54 Å². The fourth-order valence-corrected chi connectivity index (χ4v) is 1.34. The first-order chi connectivity index (χ1) is 7.65. The van der Waals surface area contributed by atoms with Crippen LogP contribution in [0.15, 0.2) is 12.2 Å². The largest absolute Gasteiger partial charge is 0.447 e. The standard InChI is InChI=1S/C11H17NO4/c1-9(8-13)4-2-3-5-10(14)12-6-7-16-11(12)15/h3,5,9,13H,2,4,6-8H2,1H3/b5-3+/t9-/m0/s1. The topological polar surface area (TPSA) is 66.8 Å². The Labute approximate surface area is 94.7 Å². The molecule has 5 heteroatoms. The summed E-state index contributed by atoms with van der Waals surface area (Å²) in [6.07, 6.45) is 4.08. The average Bonchev–Trinajstić information content (AvgIpc) is 2.70. The zero-order valence-corrected chi connectivity index (χ0v) is 9.39. The molecule has 0 radical (unpaired) electrons. The van der Waals surface area contributed by atoms with E-state index in [9.17, 15) is 9.59 Å². The summed E-state index contributed by atoms with van der Waals surface area (Å²) in [5.41, 5.74) is 0. The summed E-state index contributed by atoms with van der Waals surface area (Å²) in [5.74, 6) is -0.101. The Morgan fingerprint density at radius 3 is 3.00 bits per heavy atom. The number of allylic oxidation sites excluding steroid dienone is 1. The third-order valence-corrected chi connectivity index (χ3v) is 2.43. The van der Waals surface area contributed by atoms with Gasteiger partial charge in [-0.25, -0.2) is 9.69 Å². The van der Waals surface area contributed by atoms with Gasteiger partial charge in [0.25, 0.3) is 5.91 Å². The molecule has 16 heavy (non-hydrogen) atoms. The molecule has 1 heterocycles. The van der Waals surface area contributed by atoms with E-state index in [4.69, 9.17) is 5.11 Å². The molecule has 1 aliphatic heterocycles. The second-order valence-electron chi connectivity index (χ2n) is 3.87. The highest BCUT2D eigenvalue weighted by Crippen LogP contribution is 2.07. The van der Waals surface area contributed by atoms with Crippen molar-refractivity contribution >= 4 is 12.0 Å². The maximum absolute atomic E-state index is 11.5. The van der Waals surface area contributed by atoms with E-state index in [2.05, 4.69) is 4.74 Å². The molecule has 90 valence electrons. The SMILES string of the molecule is C[C@H](CO)CC/C=C/C(=O)N1CCOC1=O. The number of amides is 2. The van der Waals surface area contributed by atoms with Crippen LogP contribution in [0.3, 0.4) is 0 Å². The van der Waals surface area contributed by atoms with Gasteiger partial charge in [-0.15, -0.1) is 0 Å². The Balaban J connectivity index is 2.28. The van der Waals surface area contributed by atoms with Gasteiger partial charge in [-0.1, -0.05) is 13.0 Å². The summed E-state index contributed by atoms with van der Waals surface area (Å²) in [4.78, 5) is 23.6. The van der Waals surface area contributed by atoms with Gasteiger partial charge in [0.1, 0.15) is 6.61 Å². The molecule has 2 amide bonds. The molecule has 0 spiro atoms. The highest BCUT2D eigenvalue weighted by Gasteiger charge is 2.26.